The highest BCUT2D eigenvalue weighted by molar-refractivity contribution is 14.1. The van der Waals surface area contributed by atoms with Crippen LogP contribution in [-0.2, 0) is 0 Å². The van der Waals surface area contributed by atoms with Gasteiger partial charge in [-0.15, -0.1) is 0 Å². The second-order valence-corrected chi connectivity index (χ2v) is 3.98. The maximum atomic E-state index is 11.2. The first kappa shape index (κ1) is 9.99. The number of halogens is 2. The lowest BCUT2D eigenvalue weighted by molar-refractivity contribution is 0.0988. The van der Waals surface area contributed by atoms with Crippen molar-refractivity contribution in [3.63, 3.8) is 0 Å². The Bertz CT molecular complexity index is 309. The number of benzene rings is 1. The minimum atomic E-state index is 0.133. The van der Waals surface area contributed by atoms with Gasteiger partial charge in [-0.05, 0) is 34.7 Å². The SMILES string of the molecule is CCC(=O)c1ccc(I)c(Cl)c1. The first-order chi connectivity index (χ1) is 5.65. The van der Waals surface area contributed by atoms with Crippen molar-refractivity contribution in [2.24, 2.45) is 0 Å². The van der Waals surface area contributed by atoms with Crippen molar-refractivity contribution in [1.82, 2.24) is 0 Å². The Hall–Kier alpha value is -0.0900. The van der Waals surface area contributed by atoms with Gasteiger partial charge in [0.1, 0.15) is 0 Å². The smallest absolute Gasteiger partial charge is 0.162 e. The normalized spacial score (nSPS) is 9.92. The van der Waals surface area contributed by atoms with Crippen LogP contribution in [0.25, 0.3) is 0 Å². The molecule has 0 N–H and O–H groups in total. The number of rotatable bonds is 2. The highest BCUT2D eigenvalue weighted by Crippen LogP contribution is 2.20. The maximum absolute atomic E-state index is 11.2. The van der Waals surface area contributed by atoms with E-state index in [2.05, 4.69) is 22.6 Å². The summed E-state index contributed by atoms with van der Waals surface area (Å²) in [6, 6.07) is 5.38. The van der Waals surface area contributed by atoms with E-state index in [1.165, 1.54) is 0 Å². The molecule has 0 aliphatic rings. The van der Waals surface area contributed by atoms with E-state index in [0.29, 0.717) is 17.0 Å². The molecular formula is C9H8ClIO. The molecule has 0 atom stereocenters. The molecule has 12 heavy (non-hydrogen) atoms. The predicted octanol–water partition coefficient (Wildman–Crippen LogP) is 3.54. The van der Waals surface area contributed by atoms with Crippen molar-refractivity contribution in [2.45, 2.75) is 13.3 Å². The average molecular weight is 295 g/mol. The van der Waals surface area contributed by atoms with Crippen LogP contribution >= 0.6 is 34.2 Å². The summed E-state index contributed by atoms with van der Waals surface area (Å²) in [5.41, 5.74) is 0.697. The molecule has 0 radical (unpaired) electrons. The summed E-state index contributed by atoms with van der Waals surface area (Å²) in [7, 11) is 0. The van der Waals surface area contributed by atoms with Gasteiger partial charge in [0.05, 0.1) is 5.02 Å². The summed E-state index contributed by atoms with van der Waals surface area (Å²) in [6.07, 6.45) is 0.525. The van der Waals surface area contributed by atoms with Gasteiger partial charge in [0.2, 0.25) is 0 Å². The molecule has 1 rings (SSSR count). The molecule has 1 aromatic rings. The van der Waals surface area contributed by atoms with E-state index >= 15 is 0 Å². The van der Waals surface area contributed by atoms with E-state index in [9.17, 15) is 4.79 Å². The monoisotopic (exact) mass is 294 g/mol. The lowest BCUT2D eigenvalue weighted by Gasteiger charge is -1.99. The van der Waals surface area contributed by atoms with Gasteiger partial charge in [-0.3, -0.25) is 4.79 Å². The molecule has 3 heteroatoms. The fraction of sp³-hybridized carbons (Fsp3) is 0.222. The van der Waals surface area contributed by atoms with Crippen LogP contribution in [0.5, 0.6) is 0 Å². The van der Waals surface area contributed by atoms with Gasteiger partial charge in [-0.25, -0.2) is 0 Å². The van der Waals surface area contributed by atoms with E-state index in [-0.39, 0.29) is 5.78 Å². The Morgan fingerprint density at radius 1 is 1.58 bits per heavy atom. The van der Waals surface area contributed by atoms with Crippen molar-refractivity contribution in [1.29, 1.82) is 0 Å². The summed E-state index contributed by atoms with van der Waals surface area (Å²) in [5.74, 6) is 0.133. The lowest BCUT2D eigenvalue weighted by atomic mass is 10.1. The van der Waals surface area contributed by atoms with Crippen molar-refractivity contribution < 1.29 is 4.79 Å². The van der Waals surface area contributed by atoms with Gasteiger partial charge < -0.3 is 0 Å². The van der Waals surface area contributed by atoms with E-state index in [0.717, 1.165) is 3.57 Å². The van der Waals surface area contributed by atoms with Crippen LogP contribution < -0.4 is 0 Å². The standard InChI is InChI=1S/C9H8ClIO/c1-2-9(12)6-3-4-8(11)7(10)5-6/h3-5H,2H2,1H3. The number of hydrogen-bond acceptors (Lipinski definition) is 1. The lowest BCUT2D eigenvalue weighted by Crippen LogP contribution is -1.96. The number of carbonyl (C=O) groups is 1. The van der Waals surface area contributed by atoms with Crippen molar-refractivity contribution in [3.05, 3.63) is 32.4 Å². The zero-order valence-electron chi connectivity index (χ0n) is 6.60. The van der Waals surface area contributed by atoms with Crippen LogP contribution in [0, 0.1) is 3.57 Å². The molecule has 64 valence electrons. The third-order valence-corrected chi connectivity index (χ3v) is 3.13. The third-order valence-electron chi connectivity index (χ3n) is 1.56. The second-order valence-electron chi connectivity index (χ2n) is 2.41. The van der Waals surface area contributed by atoms with Gasteiger partial charge in [0.15, 0.2) is 5.78 Å². The average Bonchev–Trinajstić information content (AvgIpc) is 2.08. The topological polar surface area (TPSA) is 17.1 Å². The summed E-state index contributed by atoms with van der Waals surface area (Å²) in [5, 5.41) is 0.648. The molecule has 0 fully saturated rings. The largest absolute Gasteiger partial charge is 0.294 e. The second kappa shape index (κ2) is 4.23. The van der Waals surface area contributed by atoms with Crippen LogP contribution in [0.15, 0.2) is 18.2 Å². The van der Waals surface area contributed by atoms with Gasteiger partial charge in [0, 0.05) is 15.6 Å². The molecular weight excluding hydrogens is 286 g/mol. The molecule has 1 aromatic carbocycles. The van der Waals surface area contributed by atoms with Gasteiger partial charge in [-0.1, -0.05) is 24.6 Å². The zero-order valence-corrected chi connectivity index (χ0v) is 9.52. The minimum Gasteiger partial charge on any atom is -0.294 e. The maximum Gasteiger partial charge on any atom is 0.162 e. The molecule has 0 amide bonds. The Morgan fingerprint density at radius 2 is 2.25 bits per heavy atom. The van der Waals surface area contributed by atoms with Crippen molar-refractivity contribution in [2.75, 3.05) is 0 Å². The third kappa shape index (κ3) is 2.20. The van der Waals surface area contributed by atoms with E-state index in [1.807, 2.05) is 13.0 Å². The van der Waals surface area contributed by atoms with Crippen molar-refractivity contribution in [3.8, 4) is 0 Å². The Balaban J connectivity index is 3.05. The quantitative estimate of drug-likeness (QED) is 0.602. The summed E-state index contributed by atoms with van der Waals surface area (Å²) in [4.78, 5) is 11.2. The number of carbonyl (C=O) groups excluding carboxylic acids is 1. The molecule has 0 spiro atoms. The van der Waals surface area contributed by atoms with E-state index in [4.69, 9.17) is 11.6 Å². The molecule has 0 aliphatic heterocycles. The molecule has 0 saturated heterocycles. The first-order valence-electron chi connectivity index (χ1n) is 3.63. The molecule has 1 nitrogen and oxygen atoms in total. The van der Waals surface area contributed by atoms with Crippen molar-refractivity contribution >= 4 is 40.0 Å². The molecule has 0 aliphatic carbocycles. The van der Waals surface area contributed by atoms with E-state index < -0.39 is 0 Å². The summed E-state index contributed by atoms with van der Waals surface area (Å²) in [6.45, 7) is 1.84. The molecule has 0 saturated carbocycles. The molecule has 0 heterocycles. The summed E-state index contributed by atoms with van der Waals surface area (Å²) < 4.78 is 0.974. The Labute approximate surface area is 90.3 Å². The highest BCUT2D eigenvalue weighted by Gasteiger charge is 2.04. The zero-order chi connectivity index (χ0) is 9.14. The fourth-order valence-corrected chi connectivity index (χ4v) is 1.39. The number of hydrogen-bond donors (Lipinski definition) is 0. The van der Waals surface area contributed by atoms with E-state index in [1.54, 1.807) is 12.1 Å². The first-order valence-corrected chi connectivity index (χ1v) is 5.09. The van der Waals surface area contributed by atoms with Crippen LogP contribution in [0.3, 0.4) is 0 Å². The van der Waals surface area contributed by atoms with Gasteiger partial charge in [0.25, 0.3) is 0 Å². The molecule has 0 bridgehead atoms. The van der Waals surface area contributed by atoms with Gasteiger partial charge in [-0.2, -0.15) is 0 Å². The minimum absolute atomic E-state index is 0.133. The van der Waals surface area contributed by atoms with Crippen LogP contribution in [0.2, 0.25) is 5.02 Å². The highest BCUT2D eigenvalue weighted by atomic mass is 127. The van der Waals surface area contributed by atoms with Crippen LogP contribution in [-0.4, -0.2) is 5.78 Å². The Kier molecular flexibility index (Phi) is 3.53. The number of Topliss-reactive ketones (excluding diaryl/α,β-unsaturated/α-hetero) is 1. The predicted molar refractivity (Wildman–Crippen MR) is 58.8 cm³/mol. The van der Waals surface area contributed by atoms with Gasteiger partial charge >= 0.3 is 0 Å². The molecule has 0 aromatic heterocycles. The van der Waals surface area contributed by atoms with Crippen LogP contribution in [0.1, 0.15) is 23.7 Å². The van der Waals surface area contributed by atoms with Crippen LogP contribution in [0.4, 0.5) is 0 Å². The fourth-order valence-electron chi connectivity index (χ4n) is 0.874. The Morgan fingerprint density at radius 3 is 2.75 bits per heavy atom. The number of ketones is 1. The molecule has 0 unspecified atom stereocenters. The summed E-state index contributed by atoms with van der Waals surface area (Å²) >= 11 is 7.99.